The maximum absolute atomic E-state index is 12.9. The number of ether oxygens (including phenoxy) is 1. The van der Waals surface area contributed by atoms with Crippen LogP contribution in [0, 0.1) is 51.2 Å². The molecule has 1 aromatic carbocycles. The topological polar surface area (TPSA) is 75.6 Å². The van der Waals surface area contributed by atoms with Crippen LogP contribution in [0.4, 0.5) is 0 Å². The lowest BCUT2D eigenvalue weighted by molar-refractivity contribution is -0.184. The molecule has 5 nitrogen and oxygen atoms in total. The van der Waals surface area contributed by atoms with E-state index < -0.39 is 0 Å². The van der Waals surface area contributed by atoms with Gasteiger partial charge in [-0.3, -0.25) is 10.0 Å². The van der Waals surface area contributed by atoms with E-state index in [4.69, 9.17) is 4.74 Å². The molecule has 0 spiro atoms. The Balaban J connectivity index is 0.00000113. The zero-order chi connectivity index (χ0) is 30.5. The zero-order valence-corrected chi connectivity index (χ0v) is 26.8. The minimum absolute atomic E-state index is 0.0460. The standard InChI is InChI=1S/C34H47NO4.C3H6/c1-31(2)24(21-8-10-22(11-9-21)29(36)39-5)14-18-33(4)27(31)16-19-32(3)25-15-20-34(30(37)35-38)17-6-7-26(34)23(25)12-13-28(32)33;1-3-2/h8-11,14,23,25-28,38H,6-7,12-13,15-20H2,1-5H3,(H,35,37);3H,1H2,2H3/t23?,25?,26-,27?,28?,32?,33?,34?;/m1./s1. The number of rotatable bonds is 3. The highest BCUT2D eigenvalue weighted by atomic mass is 16.5. The summed E-state index contributed by atoms with van der Waals surface area (Å²) in [4.78, 5) is 24.9. The monoisotopic (exact) mass is 575 g/mol. The van der Waals surface area contributed by atoms with Crippen molar-refractivity contribution in [2.45, 2.75) is 98.8 Å². The third kappa shape index (κ3) is 4.52. The van der Waals surface area contributed by atoms with Crippen molar-refractivity contribution in [3.63, 3.8) is 0 Å². The van der Waals surface area contributed by atoms with Gasteiger partial charge in [-0.25, -0.2) is 10.3 Å². The number of hydroxylamine groups is 1. The van der Waals surface area contributed by atoms with Gasteiger partial charge in [0.05, 0.1) is 18.1 Å². The Morgan fingerprint density at radius 2 is 1.62 bits per heavy atom. The number of carbonyl (C=O) groups excluding carboxylic acids is 2. The van der Waals surface area contributed by atoms with Crippen molar-refractivity contribution >= 4 is 17.4 Å². The van der Waals surface area contributed by atoms with Gasteiger partial charge in [0.15, 0.2) is 0 Å². The van der Waals surface area contributed by atoms with Crippen LogP contribution < -0.4 is 5.48 Å². The summed E-state index contributed by atoms with van der Waals surface area (Å²) in [6.45, 7) is 15.4. The van der Waals surface area contributed by atoms with Gasteiger partial charge < -0.3 is 4.74 Å². The van der Waals surface area contributed by atoms with Crippen LogP contribution in [0.3, 0.4) is 0 Å². The Morgan fingerprint density at radius 3 is 2.26 bits per heavy atom. The minimum Gasteiger partial charge on any atom is -0.465 e. The quantitative estimate of drug-likeness (QED) is 0.164. The molecule has 5 aliphatic rings. The van der Waals surface area contributed by atoms with Gasteiger partial charge in [0.1, 0.15) is 0 Å². The third-order valence-corrected chi connectivity index (χ3v) is 13.3. The molecule has 6 rings (SSSR count). The predicted molar refractivity (Wildman–Crippen MR) is 168 cm³/mol. The molecule has 0 saturated heterocycles. The fraction of sp³-hybridized carbons (Fsp3) is 0.676. The largest absolute Gasteiger partial charge is 0.465 e. The Bertz CT molecular complexity index is 1230. The number of amides is 1. The number of methoxy groups -OCH3 is 1. The van der Waals surface area contributed by atoms with Crippen LogP contribution in [0.5, 0.6) is 0 Å². The maximum Gasteiger partial charge on any atom is 0.337 e. The second-order valence-electron chi connectivity index (χ2n) is 15.2. The summed E-state index contributed by atoms with van der Waals surface area (Å²) in [6.07, 6.45) is 15.6. The first-order valence-electron chi connectivity index (χ1n) is 16.4. The van der Waals surface area contributed by atoms with Crippen molar-refractivity contribution in [2.24, 2.45) is 51.2 Å². The highest BCUT2D eigenvalue weighted by Gasteiger charge is 2.66. The van der Waals surface area contributed by atoms with E-state index in [0.717, 1.165) is 38.5 Å². The number of fused-ring (bicyclic) bond motifs is 7. The fourth-order valence-corrected chi connectivity index (χ4v) is 11.7. The molecule has 0 bridgehead atoms. The fourth-order valence-electron chi connectivity index (χ4n) is 11.7. The summed E-state index contributed by atoms with van der Waals surface area (Å²) >= 11 is 0. The van der Waals surface area contributed by atoms with Crippen LogP contribution >= 0.6 is 0 Å². The summed E-state index contributed by atoms with van der Waals surface area (Å²) in [5.41, 5.74) is 5.58. The van der Waals surface area contributed by atoms with Gasteiger partial charge in [-0.2, -0.15) is 0 Å². The number of hydrogen-bond acceptors (Lipinski definition) is 4. The Hall–Kier alpha value is -2.40. The number of nitrogens with one attached hydrogen (secondary N) is 1. The molecule has 230 valence electrons. The second-order valence-corrected chi connectivity index (χ2v) is 15.2. The van der Waals surface area contributed by atoms with E-state index >= 15 is 0 Å². The normalized spacial score (nSPS) is 39.5. The lowest BCUT2D eigenvalue weighted by atomic mass is 9.36. The second kappa shape index (κ2) is 11.3. The average Bonchev–Trinajstić information content (AvgIpc) is 3.42. The third-order valence-electron chi connectivity index (χ3n) is 13.3. The first-order chi connectivity index (χ1) is 19.9. The van der Waals surface area contributed by atoms with Gasteiger partial charge in [0, 0.05) is 0 Å². The molecule has 5 heteroatoms. The van der Waals surface area contributed by atoms with Gasteiger partial charge in [0.2, 0.25) is 5.91 Å². The molecule has 4 fully saturated rings. The van der Waals surface area contributed by atoms with E-state index in [1.54, 1.807) is 6.08 Å². The van der Waals surface area contributed by atoms with E-state index in [9.17, 15) is 14.8 Å². The number of carbonyl (C=O) groups is 2. The van der Waals surface area contributed by atoms with E-state index in [2.05, 4.69) is 58.0 Å². The Labute approximate surface area is 253 Å². The molecule has 0 heterocycles. The zero-order valence-electron chi connectivity index (χ0n) is 26.8. The summed E-state index contributed by atoms with van der Waals surface area (Å²) in [5.74, 6) is 2.60. The van der Waals surface area contributed by atoms with Crippen LogP contribution in [0.15, 0.2) is 43.0 Å². The number of esters is 1. The van der Waals surface area contributed by atoms with Crippen LogP contribution in [0.1, 0.15) is 115 Å². The SMILES string of the molecule is C=CC.COC(=O)c1ccc(C2=CCC3(C)C(CCC4(C)C5CCC6(C(=O)NO)CCC[C@@H]6C5CCC43)C2(C)C)cc1. The van der Waals surface area contributed by atoms with E-state index in [-0.39, 0.29) is 28.1 Å². The number of benzene rings is 1. The van der Waals surface area contributed by atoms with Gasteiger partial charge in [0.25, 0.3) is 0 Å². The smallest absolute Gasteiger partial charge is 0.337 e. The maximum atomic E-state index is 12.9. The van der Waals surface area contributed by atoms with E-state index in [1.165, 1.54) is 43.9 Å². The van der Waals surface area contributed by atoms with E-state index in [1.807, 2.05) is 19.1 Å². The van der Waals surface area contributed by atoms with Gasteiger partial charge in [-0.15, -0.1) is 6.58 Å². The minimum atomic E-state index is -0.339. The summed E-state index contributed by atoms with van der Waals surface area (Å²) in [5, 5.41) is 9.60. The van der Waals surface area contributed by atoms with Gasteiger partial charge in [-0.05, 0) is 134 Å². The molecular formula is C37H53NO4. The Morgan fingerprint density at radius 1 is 0.929 bits per heavy atom. The van der Waals surface area contributed by atoms with Crippen molar-refractivity contribution in [3.05, 3.63) is 54.1 Å². The summed E-state index contributed by atoms with van der Waals surface area (Å²) in [7, 11) is 1.43. The molecular weight excluding hydrogens is 522 g/mol. The molecule has 42 heavy (non-hydrogen) atoms. The Kier molecular flexibility index (Phi) is 8.33. The van der Waals surface area contributed by atoms with Crippen LogP contribution in [0.25, 0.3) is 5.57 Å². The van der Waals surface area contributed by atoms with Gasteiger partial charge >= 0.3 is 5.97 Å². The van der Waals surface area contributed by atoms with Crippen molar-refractivity contribution in [1.82, 2.24) is 5.48 Å². The number of hydrogen-bond donors (Lipinski definition) is 2. The van der Waals surface area contributed by atoms with Crippen LogP contribution in [-0.2, 0) is 9.53 Å². The molecule has 7 unspecified atom stereocenters. The highest BCUT2D eigenvalue weighted by Crippen LogP contribution is 2.73. The summed E-state index contributed by atoms with van der Waals surface area (Å²) < 4.78 is 4.91. The predicted octanol–water partition coefficient (Wildman–Crippen LogP) is 8.63. The molecule has 0 aliphatic heterocycles. The lowest BCUT2D eigenvalue weighted by Crippen LogP contribution is -2.61. The van der Waals surface area contributed by atoms with Crippen molar-refractivity contribution < 1.29 is 19.5 Å². The summed E-state index contributed by atoms with van der Waals surface area (Å²) in [6, 6.07) is 7.99. The van der Waals surface area contributed by atoms with Crippen molar-refractivity contribution in [2.75, 3.05) is 7.11 Å². The van der Waals surface area contributed by atoms with E-state index in [0.29, 0.717) is 40.6 Å². The molecule has 4 saturated carbocycles. The first kappa shape index (κ1) is 31.0. The van der Waals surface area contributed by atoms with Crippen molar-refractivity contribution in [3.8, 4) is 0 Å². The van der Waals surface area contributed by atoms with Crippen LogP contribution in [-0.4, -0.2) is 24.2 Å². The molecule has 1 aromatic rings. The highest BCUT2D eigenvalue weighted by molar-refractivity contribution is 5.90. The molecule has 8 atom stereocenters. The first-order valence-corrected chi connectivity index (χ1v) is 16.4. The molecule has 2 N–H and O–H groups in total. The molecule has 1 amide bonds. The average molecular weight is 576 g/mol. The molecule has 0 radical (unpaired) electrons. The lowest BCUT2D eigenvalue weighted by Gasteiger charge is -2.68. The molecule has 5 aliphatic carbocycles. The molecule has 0 aromatic heterocycles. The number of allylic oxidation sites excluding steroid dienone is 3. The van der Waals surface area contributed by atoms with Crippen LogP contribution in [0.2, 0.25) is 0 Å². The van der Waals surface area contributed by atoms with Gasteiger partial charge in [-0.1, -0.05) is 58.4 Å². The van der Waals surface area contributed by atoms with Crippen molar-refractivity contribution in [1.29, 1.82) is 0 Å².